The van der Waals surface area contributed by atoms with Crippen molar-refractivity contribution in [3.8, 4) is 0 Å². The van der Waals surface area contributed by atoms with Gasteiger partial charge in [0.1, 0.15) is 0 Å². The van der Waals surface area contributed by atoms with Gasteiger partial charge in [-0.05, 0) is 72.6 Å². The summed E-state index contributed by atoms with van der Waals surface area (Å²) in [6.07, 6.45) is -3.53. The monoisotopic (exact) mass is 560 g/mol. The standard InChI is InChI=1S/C31H27F3N4O3/c32-31(33,34)23-9-5-11-27(19-23)38-30(41)22-8-4-10-26(18-22)37-29(40)20-35-24-13-15-25(16-14-24)36-28(39)17-12-21-6-2-1-3-7-21/h1-11,13-16,18-19,35H,12,17,20H2,(H,36,39)(H,37,40)(H,38,41). The zero-order valence-corrected chi connectivity index (χ0v) is 21.8. The summed E-state index contributed by atoms with van der Waals surface area (Å²) in [5.41, 5.74) is 2.03. The summed E-state index contributed by atoms with van der Waals surface area (Å²) in [4.78, 5) is 37.2. The van der Waals surface area contributed by atoms with E-state index in [1.54, 1.807) is 36.4 Å². The maximum atomic E-state index is 12.9. The molecule has 4 rings (SSSR count). The van der Waals surface area contributed by atoms with Gasteiger partial charge in [0.25, 0.3) is 5.91 Å². The number of rotatable bonds is 10. The number of hydrogen-bond donors (Lipinski definition) is 4. The van der Waals surface area contributed by atoms with E-state index in [4.69, 9.17) is 0 Å². The molecule has 41 heavy (non-hydrogen) atoms. The maximum absolute atomic E-state index is 12.9. The highest BCUT2D eigenvalue weighted by atomic mass is 19.4. The van der Waals surface area contributed by atoms with Gasteiger partial charge in [-0.1, -0.05) is 42.5 Å². The molecule has 0 aliphatic rings. The van der Waals surface area contributed by atoms with Gasteiger partial charge in [-0.3, -0.25) is 14.4 Å². The average molecular weight is 561 g/mol. The van der Waals surface area contributed by atoms with Crippen molar-refractivity contribution in [2.24, 2.45) is 0 Å². The number of carbonyl (C=O) groups is 3. The van der Waals surface area contributed by atoms with Crippen LogP contribution in [0.1, 0.15) is 27.9 Å². The zero-order chi connectivity index (χ0) is 29.2. The number of nitrogens with one attached hydrogen (secondary N) is 4. The molecule has 0 heterocycles. The minimum absolute atomic E-state index is 0.00114. The van der Waals surface area contributed by atoms with E-state index in [1.807, 2.05) is 30.3 Å². The van der Waals surface area contributed by atoms with Crippen LogP contribution in [0.25, 0.3) is 0 Å². The number of carbonyl (C=O) groups excluding carboxylic acids is 3. The van der Waals surface area contributed by atoms with E-state index >= 15 is 0 Å². The van der Waals surface area contributed by atoms with Crippen LogP contribution in [-0.2, 0) is 22.2 Å². The van der Waals surface area contributed by atoms with Crippen molar-refractivity contribution in [2.75, 3.05) is 27.8 Å². The molecular formula is C31H27F3N4O3. The highest BCUT2D eigenvalue weighted by molar-refractivity contribution is 6.05. The molecule has 0 unspecified atom stereocenters. The van der Waals surface area contributed by atoms with Crippen LogP contribution >= 0.6 is 0 Å². The first-order valence-electron chi connectivity index (χ1n) is 12.7. The lowest BCUT2D eigenvalue weighted by Gasteiger charge is -2.11. The fourth-order valence-corrected chi connectivity index (χ4v) is 3.90. The number of alkyl halides is 3. The van der Waals surface area contributed by atoms with E-state index in [0.717, 1.165) is 17.7 Å². The third kappa shape index (κ3) is 8.96. The van der Waals surface area contributed by atoms with Crippen molar-refractivity contribution in [3.63, 3.8) is 0 Å². The van der Waals surface area contributed by atoms with Crippen LogP contribution in [0.5, 0.6) is 0 Å². The second-order valence-corrected chi connectivity index (χ2v) is 9.13. The van der Waals surface area contributed by atoms with E-state index in [1.165, 1.54) is 24.3 Å². The molecule has 0 spiro atoms. The molecule has 7 nitrogen and oxygen atoms in total. The van der Waals surface area contributed by atoms with Crippen molar-refractivity contribution in [1.29, 1.82) is 0 Å². The SMILES string of the molecule is O=C(CCc1ccccc1)Nc1ccc(NCC(=O)Nc2cccc(C(=O)Nc3cccc(C(F)(F)F)c3)c2)cc1. The Kier molecular flexibility index (Phi) is 9.36. The fraction of sp³-hybridized carbons (Fsp3) is 0.129. The highest BCUT2D eigenvalue weighted by Crippen LogP contribution is 2.30. The summed E-state index contributed by atoms with van der Waals surface area (Å²) in [5, 5.41) is 10.9. The Morgan fingerprint density at radius 2 is 1.24 bits per heavy atom. The second kappa shape index (κ2) is 13.3. The van der Waals surface area contributed by atoms with Gasteiger partial charge in [-0.25, -0.2) is 0 Å². The van der Waals surface area contributed by atoms with Gasteiger partial charge in [0, 0.05) is 34.7 Å². The Morgan fingerprint density at radius 3 is 1.95 bits per heavy atom. The molecule has 0 saturated carbocycles. The normalized spacial score (nSPS) is 10.9. The molecule has 0 fully saturated rings. The Balaban J connectivity index is 1.24. The summed E-state index contributed by atoms with van der Waals surface area (Å²) >= 11 is 0. The van der Waals surface area contributed by atoms with Crippen LogP contribution in [0.15, 0.2) is 103 Å². The largest absolute Gasteiger partial charge is 0.416 e. The van der Waals surface area contributed by atoms with Crippen LogP contribution in [0.3, 0.4) is 0 Å². The Morgan fingerprint density at radius 1 is 0.610 bits per heavy atom. The molecule has 4 aromatic carbocycles. The van der Waals surface area contributed by atoms with E-state index in [2.05, 4.69) is 21.3 Å². The van der Waals surface area contributed by atoms with Crippen LogP contribution < -0.4 is 21.3 Å². The Hall–Kier alpha value is -5.12. The van der Waals surface area contributed by atoms with Crippen LogP contribution in [0.4, 0.5) is 35.9 Å². The third-order valence-corrected chi connectivity index (χ3v) is 5.96. The fourth-order valence-electron chi connectivity index (χ4n) is 3.90. The number of halogens is 3. The lowest BCUT2D eigenvalue weighted by Crippen LogP contribution is -2.22. The smallest absolute Gasteiger partial charge is 0.376 e. The molecule has 4 N–H and O–H groups in total. The van der Waals surface area contributed by atoms with Gasteiger partial charge in [0.05, 0.1) is 12.1 Å². The summed E-state index contributed by atoms with van der Waals surface area (Å²) in [5.74, 6) is -1.09. The summed E-state index contributed by atoms with van der Waals surface area (Å²) in [6, 6.07) is 27.1. The first-order chi connectivity index (χ1) is 19.7. The molecule has 0 saturated heterocycles. The summed E-state index contributed by atoms with van der Waals surface area (Å²) in [6.45, 7) is -0.0660. The van der Waals surface area contributed by atoms with Gasteiger partial charge in [-0.15, -0.1) is 0 Å². The lowest BCUT2D eigenvalue weighted by atomic mass is 10.1. The summed E-state index contributed by atoms with van der Waals surface area (Å²) < 4.78 is 38.8. The number of anilines is 4. The molecular weight excluding hydrogens is 533 g/mol. The molecule has 0 atom stereocenters. The first kappa shape index (κ1) is 28.9. The van der Waals surface area contributed by atoms with Crippen molar-refractivity contribution < 1.29 is 27.6 Å². The Bertz CT molecular complexity index is 1510. The molecule has 4 aromatic rings. The number of amides is 3. The number of hydrogen-bond acceptors (Lipinski definition) is 4. The molecule has 3 amide bonds. The predicted octanol–water partition coefficient (Wildman–Crippen LogP) is 6.58. The van der Waals surface area contributed by atoms with Crippen molar-refractivity contribution >= 4 is 40.5 Å². The topological polar surface area (TPSA) is 99.3 Å². The van der Waals surface area contributed by atoms with Crippen LogP contribution in [0, 0.1) is 0 Å². The Labute approximate surface area is 234 Å². The van der Waals surface area contributed by atoms with Crippen molar-refractivity contribution in [2.45, 2.75) is 19.0 Å². The molecule has 10 heteroatoms. The number of benzene rings is 4. The van der Waals surface area contributed by atoms with E-state index in [-0.39, 0.29) is 29.6 Å². The van der Waals surface area contributed by atoms with Gasteiger partial charge in [0.15, 0.2) is 0 Å². The van der Waals surface area contributed by atoms with Crippen LogP contribution in [0.2, 0.25) is 0 Å². The minimum Gasteiger partial charge on any atom is -0.376 e. The zero-order valence-electron chi connectivity index (χ0n) is 21.8. The van der Waals surface area contributed by atoms with Crippen molar-refractivity contribution in [3.05, 3.63) is 120 Å². The summed E-state index contributed by atoms with van der Waals surface area (Å²) in [7, 11) is 0. The van der Waals surface area contributed by atoms with Crippen molar-refractivity contribution in [1.82, 2.24) is 0 Å². The quantitative estimate of drug-likeness (QED) is 0.176. The molecule has 0 radical (unpaired) electrons. The highest BCUT2D eigenvalue weighted by Gasteiger charge is 2.30. The molecule has 0 aromatic heterocycles. The molecule has 0 aliphatic carbocycles. The van der Waals surface area contributed by atoms with E-state index < -0.39 is 17.6 Å². The first-order valence-corrected chi connectivity index (χ1v) is 12.7. The minimum atomic E-state index is -4.53. The van der Waals surface area contributed by atoms with Gasteiger partial charge >= 0.3 is 6.18 Å². The average Bonchev–Trinajstić information content (AvgIpc) is 2.96. The van der Waals surface area contributed by atoms with E-state index in [9.17, 15) is 27.6 Å². The van der Waals surface area contributed by atoms with Gasteiger partial charge < -0.3 is 21.3 Å². The molecule has 0 bridgehead atoms. The van der Waals surface area contributed by atoms with E-state index in [0.29, 0.717) is 29.9 Å². The van der Waals surface area contributed by atoms with Gasteiger partial charge in [-0.2, -0.15) is 13.2 Å². The molecule has 0 aliphatic heterocycles. The predicted molar refractivity (Wildman–Crippen MR) is 153 cm³/mol. The second-order valence-electron chi connectivity index (χ2n) is 9.13. The van der Waals surface area contributed by atoms with Gasteiger partial charge in [0.2, 0.25) is 11.8 Å². The van der Waals surface area contributed by atoms with Crippen LogP contribution in [-0.4, -0.2) is 24.3 Å². The molecule has 210 valence electrons. The third-order valence-electron chi connectivity index (χ3n) is 5.96. The lowest BCUT2D eigenvalue weighted by molar-refractivity contribution is -0.137. The number of aryl methyl sites for hydroxylation is 1. The maximum Gasteiger partial charge on any atom is 0.416 e.